The maximum atomic E-state index is 12.7. The Balaban J connectivity index is 1.65. The first-order valence-electron chi connectivity index (χ1n) is 10.8. The fourth-order valence-electron chi connectivity index (χ4n) is 5.36. The molecule has 5 heteroatoms. The van der Waals surface area contributed by atoms with Crippen LogP contribution in [-0.2, 0) is 9.59 Å². The number of amides is 2. The van der Waals surface area contributed by atoms with E-state index in [1.54, 1.807) is 0 Å². The molecule has 0 saturated carbocycles. The number of hydrogen-bond donors (Lipinski definition) is 1. The Morgan fingerprint density at radius 1 is 1.00 bits per heavy atom. The highest BCUT2D eigenvalue weighted by atomic mass is 16.3. The summed E-state index contributed by atoms with van der Waals surface area (Å²) in [7, 11) is 0. The Morgan fingerprint density at radius 3 is 2.20 bits per heavy atom. The van der Waals surface area contributed by atoms with E-state index in [4.69, 9.17) is 0 Å². The normalized spacial score (nSPS) is 21.9. The van der Waals surface area contributed by atoms with Gasteiger partial charge in [0.2, 0.25) is 11.8 Å². The van der Waals surface area contributed by atoms with Crippen LogP contribution in [0.15, 0.2) is 48.5 Å². The van der Waals surface area contributed by atoms with E-state index >= 15 is 0 Å². The summed E-state index contributed by atoms with van der Waals surface area (Å²) >= 11 is 0. The molecule has 0 radical (unpaired) electrons. The molecule has 1 N–H and O–H groups in total. The highest BCUT2D eigenvalue weighted by Crippen LogP contribution is 2.54. The zero-order valence-corrected chi connectivity index (χ0v) is 18.0. The number of aliphatic hydroxyl groups is 1. The molecule has 158 valence electrons. The summed E-state index contributed by atoms with van der Waals surface area (Å²) in [6.07, 6.45) is 0.871. The number of aliphatic hydroxyl groups excluding tert-OH is 1. The van der Waals surface area contributed by atoms with E-state index in [9.17, 15) is 14.7 Å². The molecule has 2 aromatic carbocycles. The summed E-state index contributed by atoms with van der Waals surface area (Å²) < 4.78 is 0. The van der Waals surface area contributed by atoms with Crippen molar-refractivity contribution in [1.82, 2.24) is 9.80 Å². The molecular weight excluding hydrogens is 376 g/mol. The first-order chi connectivity index (χ1) is 14.5. The van der Waals surface area contributed by atoms with Crippen LogP contribution in [0.3, 0.4) is 0 Å². The minimum atomic E-state index is -0.393. The molecule has 0 bridgehead atoms. The predicted octanol–water partition coefficient (Wildman–Crippen LogP) is 3.35. The Labute approximate surface area is 178 Å². The van der Waals surface area contributed by atoms with Crippen molar-refractivity contribution in [3.05, 3.63) is 59.7 Å². The number of benzene rings is 2. The van der Waals surface area contributed by atoms with Gasteiger partial charge in [0.25, 0.3) is 0 Å². The maximum Gasteiger partial charge on any atom is 0.223 e. The van der Waals surface area contributed by atoms with Gasteiger partial charge in [-0.25, -0.2) is 0 Å². The SMILES string of the molecule is CCC(=O)N1CC2(C1)[C@@H](c1ccc(-c3ccccc3C)cc1)[C@@H](CO)N2C(=O)CC. The van der Waals surface area contributed by atoms with Crippen LogP contribution in [0.5, 0.6) is 0 Å². The molecule has 2 atom stereocenters. The second-order valence-electron chi connectivity index (χ2n) is 8.49. The van der Waals surface area contributed by atoms with Crippen LogP contribution in [0.1, 0.15) is 43.7 Å². The van der Waals surface area contributed by atoms with Crippen molar-refractivity contribution >= 4 is 11.8 Å². The third-order valence-electron chi connectivity index (χ3n) is 6.84. The van der Waals surface area contributed by atoms with Gasteiger partial charge in [0, 0.05) is 31.8 Å². The van der Waals surface area contributed by atoms with Gasteiger partial charge < -0.3 is 14.9 Å². The minimum absolute atomic E-state index is 0.0322. The highest BCUT2D eigenvalue weighted by Gasteiger charge is 2.67. The van der Waals surface area contributed by atoms with Gasteiger partial charge in [0.05, 0.1) is 18.2 Å². The lowest BCUT2D eigenvalue weighted by molar-refractivity contribution is -0.202. The average molecular weight is 407 g/mol. The molecule has 0 aliphatic carbocycles. The van der Waals surface area contributed by atoms with Crippen LogP contribution in [0, 0.1) is 6.92 Å². The molecule has 30 heavy (non-hydrogen) atoms. The van der Waals surface area contributed by atoms with E-state index in [2.05, 4.69) is 43.3 Å². The van der Waals surface area contributed by atoms with Crippen LogP contribution in [0.4, 0.5) is 0 Å². The topological polar surface area (TPSA) is 60.9 Å². The monoisotopic (exact) mass is 406 g/mol. The van der Waals surface area contributed by atoms with Gasteiger partial charge in [-0.2, -0.15) is 0 Å². The van der Waals surface area contributed by atoms with Gasteiger partial charge in [0.1, 0.15) is 0 Å². The van der Waals surface area contributed by atoms with E-state index in [1.165, 1.54) is 11.1 Å². The number of carbonyl (C=O) groups excluding carboxylic acids is 2. The third-order valence-corrected chi connectivity index (χ3v) is 6.84. The van der Waals surface area contributed by atoms with E-state index in [0.717, 1.165) is 11.1 Å². The van der Waals surface area contributed by atoms with Crippen molar-refractivity contribution in [2.75, 3.05) is 19.7 Å². The van der Waals surface area contributed by atoms with E-state index in [0.29, 0.717) is 25.9 Å². The quantitative estimate of drug-likeness (QED) is 0.828. The summed E-state index contributed by atoms with van der Waals surface area (Å²) in [6.45, 7) is 6.84. The Bertz CT molecular complexity index is 947. The number of aryl methyl sites for hydroxylation is 1. The lowest BCUT2D eigenvalue weighted by Gasteiger charge is -2.70. The van der Waals surface area contributed by atoms with Crippen LogP contribution in [0.2, 0.25) is 0 Å². The van der Waals surface area contributed by atoms with Crippen LogP contribution < -0.4 is 0 Å². The Hall–Kier alpha value is -2.66. The molecule has 2 aromatic rings. The van der Waals surface area contributed by atoms with Crippen molar-refractivity contribution in [2.45, 2.75) is 51.1 Å². The molecule has 2 amide bonds. The van der Waals surface area contributed by atoms with Gasteiger partial charge in [-0.05, 0) is 29.2 Å². The summed E-state index contributed by atoms with van der Waals surface area (Å²) in [5.74, 6) is 0.195. The van der Waals surface area contributed by atoms with Gasteiger partial charge in [-0.1, -0.05) is 62.4 Å². The summed E-state index contributed by atoms with van der Waals surface area (Å²) in [6, 6.07) is 16.6. The minimum Gasteiger partial charge on any atom is -0.394 e. The zero-order chi connectivity index (χ0) is 21.5. The van der Waals surface area contributed by atoms with Gasteiger partial charge in [-0.15, -0.1) is 0 Å². The van der Waals surface area contributed by atoms with Crippen LogP contribution >= 0.6 is 0 Å². The largest absolute Gasteiger partial charge is 0.394 e. The van der Waals surface area contributed by atoms with Gasteiger partial charge >= 0.3 is 0 Å². The molecule has 2 heterocycles. The van der Waals surface area contributed by atoms with E-state index in [-0.39, 0.29) is 30.4 Å². The van der Waals surface area contributed by atoms with Crippen molar-refractivity contribution in [1.29, 1.82) is 0 Å². The molecule has 1 spiro atoms. The third kappa shape index (κ3) is 3.03. The highest BCUT2D eigenvalue weighted by molar-refractivity contribution is 5.82. The molecule has 5 nitrogen and oxygen atoms in total. The van der Waals surface area contributed by atoms with E-state index in [1.807, 2.05) is 35.8 Å². The number of carbonyl (C=O) groups is 2. The van der Waals surface area contributed by atoms with Crippen molar-refractivity contribution in [2.24, 2.45) is 0 Å². The number of nitrogens with zero attached hydrogens (tertiary/aromatic N) is 2. The number of hydrogen-bond acceptors (Lipinski definition) is 3. The lowest BCUT2D eigenvalue weighted by atomic mass is 9.60. The molecule has 0 aromatic heterocycles. The molecule has 2 aliphatic rings. The Morgan fingerprint density at radius 2 is 1.63 bits per heavy atom. The van der Waals surface area contributed by atoms with Gasteiger partial charge in [0.15, 0.2) is 0 Å². The summed E-state index contributed by atoms with van der Waals surface area (Å²) in [5.41, 5.74) is 4.32. The first-order valence-corrected chi connectivity index (χ1v) is 10.8. The van der Waals surface area contributed by atoms with E-state index < -0.39 is 5.54 Å². The summed E-state index contributed by atoms with van der Waals surface area (Å²) in [5, 5.41) is 10.1. The number of likely N-dealkylation sites (tertiary alicyclic amines) is 2. The molecule has 0 unspecified atom stereocenters. The molecule has 2 saturated heterocycles. The summed E-state index contributed by atoms with van der Waals surface area (Å²) in [4.78, 5) is 28.5. The lowest BCUT2D eigenvalue weighted by Crippen LogP contribution is -2.85. The standard InChI is InChI=1S/C25H30N2O3/c1-4-22(29)26-15-25(16-26)24(21(14-28)27(25)23(30)5-2)19-12-10-18(11-13-19)20-9-7-6-8-17(20)3/h6-13,21,24,28H,4-5,14-16H2,1-3H3/t21-,24+/m1/s1. The fourth-order valence-corrected chi connectivity index (χ4v) is 5.36. The average Bonchev–Trinajstić information content (AvgIpc) is 2.72. The molecular formula is C25H30N2O3. The molecule has 2 aliphatic heterocycles. The second kappa shape index (κ2) is 7.88. The van der Waals surface area contributed by atoms with Crippen molar-refractivity contribution in [3.8, 4) is 11.1 Å². The Kier molecular flexibility index (Phi) is 5.41. The van der Waals surface area contributed by atoms with Crippen LogP contribution in [-0.4, -0.2) is 58.0 Å². The predicted molar refractivity (Wildman–Crippen MR) is 117 cm³/mol. The van der Waals surface area contributed by atoms with Crippen LogP contribution in [0.25, 0.3) is 11.1 Å². The zero-order valence-electron chi connectivity index (χ0n) is 18.0. The second-order valence-corrected chi connectivity index (χ2v) is 8.49. The maximum absolute atomic E-state index is 12.7. The van der Waals surface area contributed by atoms with Gasteiger partial charge in [-0.3, -0.25) is 9.59 Å². The molecule has 4 rings (SSSR count). The number of rotatable bonds is 5. The smallest absolute Gasteiger partial charge is 0.223 e. The first kappa shape index (κ1) is 20.6. The molecule has 2 fully saturated rings. The fraction of sp³-hybridized carbons (Fsp3) is 0.440. The van der Waals surface area contributed by atoms with Crippen molar-refractivity contribution < 1.29 is 14.7 Å². The van der Waals surface area contributed by atoms with Crippen molar-refractivity contribution in [3.63, 3.8) is 0 Å².